The maximum atomic E-state index is 11.6. The summed E-state index contributed by atoms with van der Waals surface area (Å²) in [6, 6.07) is 14.7. The van der Waals surface area contributed by atoms with E-state index in [0.29, 0.717) is 40.3 Å². The number of nitrogens with one attached hydrogen (secondary N) is 1. The number of aromatic nitrogens is 3. The van der Waals surface area contributed by atoms with Gasteiger partial charge in [0.1, 0.15) is 23.1 Å². The number of aromatic amines is 1. The van der Waals surface area contributed by atoms with Crippen molar-refractivity contribution in [2.45, 2.75) is 25.1 Å². The van der Waals surface area contributed by atoms with E-state index in [-0.39, 0.29) is 4.91 Å². The Morgan fingerprint density at radius 3 is 2.82 bits per heavy atom. The Kier molecular flexibility index (Phi) is 6.73. The van der Waals surface area contributed by atoms with Crippen LogP contribution in [0.1, 0.15) is 23.9 Å². The van der Waals surface area contributed by atoms with E-state index in [1.165, 1.54) is 0 Å². The number of thioether (sulfide) groups is 1. The van der Waals surface area contributed by atoms with E-state index >= 15 is 0 Å². The first kappa shape index (κ1) is 20.0. The van der Waals surface area contributed by atoms with Crippen molar-refractivity contribution < 1.29 is 14.6 Å². The summed E-state index contributed by atoms with van der Waals surface area (Å²) in [6.07, 6.45) is 2.27. The molecule has 0 aliphatic rings. The molecule has 2 N–H and O–H groups in total. The lowest BCUT2D eigenvalue weighted by Crippen LogP contribution is -1.98. The predicted molar refractivity (Wildman–Crippen MR) is 109 cm³/mol. The summed E-state index contributed by atoms with van der Waals surface area (Å²) >= 11 is 7.14. The van der Waals surface area contributed by atoms with Crippen molar-refractivity contribution in [2.24, 2.45) is 0 Å². The maximum Gasteiger partial charge on any atom is 0.342 e. The minimum absolute atomic E-state index is 0.116. The molecule has 2 aromatic carbocycles. The van der Waals surface area contributed by atoms with E-state index in [1.54, 1.807) is 24.3 Å². The summed E-state index contributed by atoms with van der Waals surface area (Å²) in [5, 5.41) is 17.3. The molecular formula is C20H18ClN3O3S. The molecule has 0 radical (unpaired) electrons. The summed E-state index contributed by atoms with van der Waals surface area (Å²) in [6.45, 7) is 2.27. The smallest absolute Gasteiger partial charge is 0.342 e. The monoisotopic (exact) mass is 415 g/mol. The third-order valence-electron chi connectivity index (χ3n) is 3.77. The van der Waals surface area contributed by atoms with Crippen LogP contribution in [0.4, 0.5) is 0 Å². The van der Waals surface area contributed by atoms with Crippen molar-refractivity contribution in [1.29, 1.82) is 0 Å². The number of benzene rings is 2. The van der Waals surface area contributed by atoms with Crippen molar-refractivity contribution in [3.05, 3.63) is 75.4 Å². The predicted octanol–water partition coefficient (Wildman–Crippen LogP) is 4.82. The lowest BCUT2D eigenvalue weighted by atomic mass is 10.2. The van der Waals surface area contributed by atoms with Crippen molar-refractivity contribution >= 4 is 35.4 Å². The summed E-state index contributed by atoms with van der Waals surface area (Å²) in [5.41, 5.74) is 1.58. The normalized spacial score (nSPS) is 11.4. The van der Waals surface area contributed by atoms with Crippen LogP contribution < -0.4 is 4.74 Å². The number of carboxylic acid groups (broad SMARTS) is 1. The molecule has 0 amide bonds. The van der Waals surface area contributed by atoms with Crippen molar-refractivity contribution in [1.82, 2.24) is 15.2 Å². The minimum atomic E-state index is -1.05. The number of rotatable bonds is 8. The van der Waals surface area contributed by atoms with Gasteiger partial charge in [0.2, 0.25) is 5.16 Å². The molecule has 0 aliphatic carbocycles. The second-order valence-corrected chi connectivity index (χ2v) is 7.20. The molecule has 0 spiro atoms. The Morgan fingerprint density at radius 2 is 2.11 bits per heavy atom. The quantitative estimate of drug-likeness (QED) is 0.405. The van der Waals surface area contributed by atoms with Crippen LogP contribution in [-0.2, 0) is 17.8 Å². The van der Waals surface area contributed by atoms with Crippen LogP contribution in [0.25, 0.3) is 6.08 Å². The SMILES string of the molecule is CCc1nc(S/C(=C/c2cccc(OCc3ccccc3Cl)c2)C(=O)O)n[nH]1. The zero-order valence-electron chi connectivity index (χ0n) is 15.1. The fourth-order valence-corrected chi connectivity index (χ4v) is 3.25. The van der Waals surface area contributed by atoms with Gasteiger partial charge in [0.15, 0.2) is 0 Å². The van der Waals surface area contributed by atoms with Crippen LogP contribution in [0.3, 0.4) is 0 Å². The van der Waals surface area contributed by atoms with Crippen LogP contribution in [0.2, 0.25) is 5.02 Å². The lowest BCUT2D eigenvalue weighted by Gasteiger charge is -2.08. The number of nitrogens with zero attached hydrogens (tertiary/aromatic N) is 2. The molecule has 28 heavy (non-hydrogen) atoms. The van der Waals surface area contributed by atoms with Gasteiger partial charge in [0, 0.05) is 17.0 Å². The second kappa shape index (κ2) is 9.43. The van der Waals surface area contributed by atoms with Gasteiger partial charge in [-0.2, -0.15) is 0 Å². The first-order chi connectivity index (χ1) is 13.5. The summed E-state index contributed by atoms with van der Waals surface area (Å²) in [4.78, 5) is 16.0. The highest BCUT2D eigenvalue weighted by Crippen LogP contribution is 2.27. The standard InChI is InChI=1S/C20H18ClN3O3S/c1-2-18-22-20(24-23-18)28-17(19(25)26)11-13-6-5-8-15(10-13)27-12-14-7-3-4-9-16(14)21/h3-11H,2,12H2,1H3,(H,25,26)(H,22,23,24)/b17-11+. The van der Waals surface area contributed by atoms with Crippen molar-refractivity contribution in [3.8, 4) is 5.75 Å². The number of hydrogen-bond donors (Lipinski definition) is 2. The molecule has 1 heterocycles. The fraction of sp³-hybridized carbons (Fsp3) is 0.150. The Morgan fingerprint density at radius 1 is 1.29 bits per heavy atom. The van der Waals surface area contributed by atoms with Gasteiger partial charge in [-0.05, 0) is 41.6 Å². The Labute approximate surface area is 171 Å². The van der Waals surface area contributed by atoms with Crippen molar-refractivity contribution in [3.63, 3.8) is 0 Å². The van der Waals surface area contributed by atoms with Gasteiger partial charge < -0.3 is 9.84 Å². The lowest BCUT2D eigenvalue weighted by molar-refractivity contribution is -0.131. The molecule has 0 aliphatic heterocycles. The van der Waals surface area contributed by atoms with Crippen LogP contribution in [-0.4, -0.2) is 26.3 Å². The Hall–Kier alpha value is -2.77. The van der Waals surface area contributed by atoms with Gasteiger partial charge in [-0.3, -0.25) is 5.10 Å². The number of ether oxygens (including phenoxy) is 1. The first-order valence-corrected chi connectivity index (χ1v) is 9.75. The highest BCUT2D eigenvalue weighted by molar-refractivity contribution is 8.04. The fourth-order valence-electron chi connectivity index (χ4n) is 2.34. The minimum Gasteiger partial charge on any atom is -0.489 e. The van der Waals surface area contributed by atoms with E-state index in [9.17, 15) is 9.90 Å². The average Bonchev–Trinajstić information content (AvgIpc) is 3.15. The molecule has 3 rings (SSSR count). The van der Waals surface area contributed by atoms with Gasteiger partial charge >= 0.3 is 5.97 Å². The molecule has 144 valence electrons. The molecule has 0 fully saturated rings. The third-order valence-corrected chi connectivity index (χ3v) is 5.01. The molecule has 0 unspecified atom stereocenters. The Bertz CT molecular complexity index is 1000. The van der Waals surface area contributed by atoms with E-state index in [2.05, 4.69) is 15.2 Å². The molecule has 0 saturated heterocycles. The molecular weight excluding hydrogens is 398 g/mol. The van der Waals surface area contributed by atoms with E-state index in [4.69, 9.17) is 16.3 Å². The van der Waals surface area contributed by atoms with E-state index in [0.717, 1.165) is 17.3 Å². The number of hydrogen-bond acceptors (Lipinski definition) is 5. The molecule has 8 heteroatoms. The number of carboxylic acids is 1. The van der Waals surface area contributed by atoms with Gasteiger partial charge in [-0.1, -0.05) is 48.9 Å². The maximum absolute atomic E-state index is 11.6. The van der Waals surface area contributed by atoms with Gasteiger partial charge in [-0.15, -0.1) is 5.10 Å². The molecule has 0 saturated carbocycles. The molecule has 1 aromatic heterocycles. The number of aryl methyl sites for hydroxylation is 1. The van der Waals surface area contributed by atoms with E-state index in [1.807, 2.05) is 37.3 Å². The highest BCUT2D eigenvalue weighted by atomic mass is 35.5. The Balaban J connectivity index is 1.74. The average molecular weight is 416 g/mol. The van der Waals surface area contributed by atoms with Crippen LogP contribution in [0.15, 0.2) is 58.6 Å². The molecule has 0 atom stereocenters. The van der Waals surface area contributed by atoms with Crippen LogP contribution in [0, 0.1) is 0 Å². The molecule has 0 bridgehead atoms. The zero-order valence-corrected chi connectivity index (χ0v) is 16.6. The highest BCUT2D eigenvalue weighted by Gasteiger charge is 2.13. The van der Waals surface area contributed by atoms with Gasteiger partial charge in [0.25, 0.3) is 0 Å². The topological polar surface area (TPSA) is 88.1 Å². The second-order valence-electron chi connectivity index (χ2n) is 5.79. The van der Waals surface area contributed by atoms with Crippen LogP contribution in [0.5, 0.6) is 5.75 Å². The summed E-state index contributed by atoms with van der Waals surface area (Å²) < 4.78 is 5.79. The van der Waals surface area contributed by atoms with Gasteiger partial charge in [-0.25, -0.2) is 9.78 Å². The number of halogens is 1. The first-order valence-electron chi connectivity index (χ1n) is 8.55. The number of H-pyrrole nitrogens is 1. The number of carbonyl (C=O) groups is 1. The largest absolute Gasteiger partial charge is 0.489 e. The van der Waals surface area contributed by atoms with Gasteiger partial charge in [0.05, 0.1) is 0 Å². The summed E-state index contributed by atoms with van der Waals surface area (Å²) in [7, 11) is 0. The third kappa shape index (κ3) is 5.37. The number of aliphatic carboxylic acids is 1. The molecule has 3 aromatic rings. The van der Waals surface area contributed by atoms with Crippen LogP contribution >= 0.6 is 23.4 Å². The molecule has 6 nitrogen and oxygen atoms in total. The zero-order chi connectivity index (χ0) is 19.9. The van der Waals surface area contributed by atoms with Crippen molar-refractivity contribution in [2.75, 3.05) is 0 Å². The summed E-state index contributed by atoms with van der Waals surface area (Å²) in [5.74, 6) is 0.284. The van der Waals surface area contributed by atoms with E-state index < -0.39 is 5.97 Å².